The van der Waals surface area contributed by atoms with Gasteiger partial charge in [0.25, 0.3) is 0 Å². The van der Waals surface area contributed by atoms with Gasteiger partial charge >= 0.3 is 0 Å². The van der Waals surface area contributed by atoms with Gasteiger partial charge in [0.2, 0.25) is 0 Å². The van der Waals surface area contributed by atoms with Crippen molar-refractivity contribution in [2.24, 2.45) is 0 Å². The molecule has 0 bridgehead atoms. The van der Waals surface area contributed by atoms with Gasteiger partial charge in [0.1, 0.15) is 8.07 Å². The highest BCUT2D eigenvalue weighted by Gasteiger charge is 2.07. The van der Waals surface area contributed by atoms with Gasteiger partial charge in [-0.25, -0.2) is 4.98 Å². The first-order valence-corrected chi connectivity index (χ1v) is 10.2. The fraction of sp³-hybridized carbons (Fsp3) is 0.214. The summed E-state index contributed by atoms with van der Waals surface area (Å²) in [6, 6.07) is 8.17. The molecular weight excluding hydrogens is 256 g/mol. The zero-order valence-electron chi connectivity index (χ0n) is 10.8. The first kappa shape index (κ1) is 12.9. The van der Waals surface area contributed by atoms with E-state index in [9.17, 15) is 0 Å². The fourth-order valence-electron chi connectivity index (χ4n) is 1.40. The average molecular weight is 272 g/mol. The molecule has 0 amide bonds. The molecule has 2 N–H and O–H groups in total. The van der Waals surface area contributed by atoms with E-state index in [4.69, 9.17) is 5.73 Å². The number of aromatic nitrogens is 1. The first-order valence-electron chi connectivity index (χ1n) is 5.79. The molecule has 92 valence electrons. The molecule has 18 heavy (non-hydrogen) atoms. The molecule has 1 aromatic carbocycles. The van der Waals surface area contributed by atoms with Crippen molar-refractivity contribution in [2.45, 2.75) is 19.6 Å². The summed E-state index contributed by atoms with van der Waals surface area (Å²) in [4.78, 5) is 4.26. The Kier molecular flexibility index (Phi) is 3.55. The summed E-state index contributed by atoms with van der Waals surface area (Å²) in [7, 11) is -1.30. The van der Waals surface area contributed by atoms with Gasteiger partial charge in [0.15, 0.2) is 5.13 Å². The number of hydrogen-bond acceptors (Lipinski definition) is 3. The number of hydrogen-bond donors (Lipinski definition) is 1. The number of rotatable bonds is 1. The minimum absolute atomic E-state index is 0.604. The largest absolute Gasteiger partial charge is 0.375 e. The lowest BCUT2D eigenvalue weighted by Crippen LogP contribution is -2.16. The second kappa shape index (κ2) is 4.97. The van der Waals surface area contributed by atoms with E-state index < -0.39 is 8.07 Å². The van der Waals surface area contributed by atoms with Crippen LogP contribution < -0.4 is 5.73 Å². The molecule has 4 heteroatoms. The van der Waals surface area contributed by atoms with Crippen LogP contribution >= 0.6 is 11.3 Å². The number of nitrogens with zero attached hydrogens (tertiary/aromatic N) is 1. The molecule has 2 aromatic rings. The number of nitrogens with two attached hydrogens (primary N) is 1. The highest BCUT2D eigenvalue weighted by Crippen LogP contribution is 2.23. The molecule has 0 aliphatic heterocycles. The molecule has 2 rings (SSSR count). The van der Waals surface area contributed by atoms with Crippen LogP contribution in [0.2, 0.25) is 19.6 Å². The van der Waals surface area contributed by atoms with Crippen molar-refractivity contribution in [2.75, 3.05) is 5.73 Å². The van der Waals surface area contributed by atoms with E-state index in [1.165, 1.54) is 11.3 Å². The van der Waals surface area contributed by atoms with Crippen LogP contribution in [0.1, 0.15) is 5.56 Å². The Labute approximate surface area is 113 Å². The summed E-state index contributed by atoms with van der Waals surface area (Å²) in [5, 5.41) is 2.57. The van der Waals surface area contributed by atoms with Crippen LogP contribution in [0.5, 0.6) is 0 Å². The lowest BCUT2D eigenvalue weighted by atomic mass is 10.1. The summed E-state index contributed by atoms with van der Waals surface area (Å²) >= 11 is 1.46. The Morgan fingerprint density at radius 2 is 1.83 bits per heavy atom. The van der Waals surface area contributed by atoms with Crippen molar-refractivity contribution in [1.29, 1.82) is 0 Å². The third-order valence-corrected chi connectivity index (χ3v) is 3.83. The van der Waals surface area contributed by atoms with Crippen molar-refractivity contribution >= 4 is 24.5 Å². The Hall–Kier alpha value is -1.57. The third-order valence-electron chi connectivity index (χ3n) is 2.28. The molecule has 0 spiro atoms. The SMILES string of the molecule is C[Si](C)(C)C#Cc1ccc(-c2csc(N)n2)cc1. The standard InChI is InChI=1S/C14H16N2SSi/c1-18(2,3)9-8-11-4-6-12(7-5-11)13-10-17-14(15)16-13/h4-7,10H,1-3H3,(H2,15,16). The van der Waals surface area contributed by atoms with E-state index in [0.29, 0.717) is 5.13 Å². The Bertz CT molecular complexity index is 597. The van der Waals surface area contributed by atoms with Gasteiger partial charge in [0.05, 0.1) is 5.69 Å². The predicted octanol–water partition coefficient (Wildman–Crippen LogP) is 3.62. The quantitative estimate of drug-likeness (QED) is 0.636. The summed E-state index contributed by atoms with van der Waals surface area (Å²) in [5.74, 6) is 3.24. The first-order chi connectivity index (χ1) is 8.44. The van der Waals surface area contributed by atoms with Crippen LogP contribution in [-0.2, 0) is 0 Å². The maximum atomic E-state index is 5.63. The van der Waals surface area contributed by atoms with Crippen molar-refractivity contribution in [3.05, 3.63) is 35.2 Å². The van der Waals surface area contributed by atoms with E-state index >= 15 is 0 Å². The van der Waals surface area contributed by atoms with Gasteiger partial charge in [-0.1, -0.05) is 37.7 Å². The normalized spacial score (nSPS) is 10.8. The van der Waals surface area contributed by atoms with E-state index in [-0.39, 0.29) is 0 Å². The summed E-state index contributed by atoms with van der Waals surface area (Å²) in [5.41, 5.74) is 12.1. The number of benzene rings is 1. The minimum Gasteiger partial charge on any atom is -0.375 e. The molecule has 0 aliphatic rings. The fourth-order valence-corrected chi connectivity index (χ4v) is 2.50. The van der Waals surface area contributed by atoms with Gasteiger partial charge < -0.3 is 5.73 Å². The summed E-state index contributed by atoms with van der Waals surface area (Å²) in [6.45, 7) is 6.73. The van der Waals surface area contributed by atoms with E-state index in [2.05, 4.69) is 36.1 Å². The van der Waals surface area contributed by atoms with Gasteiger partial charge in [-0.2, -0.15) is 0 Å². The topological polar surface area (TPSA) is 38.9 Å². The molecule has 0 radical (unpaired) electrons. The van der Waals surface area contributed by atoms with Crippen LogP contribution in [0.25, 0.3) is 11.3 Å². The Balaban J connectivity index is 2.22. The maximum absolute atomic E-state index is 5.63. The average Bonchev–Trinajstić information content (AvgIpc) is 2.73. The molecule has 1 aromatic heterocycles. The Morgan fingerprint density at radius 3 is 2.33 bits per heavy atom. The van der Waals surface area contributed by atoms with Gasteiger partial charge in [-0.15, -0.1) is 16.9 Å². The Morgan fingerprint density at radius 1 is 1.17 bits per heavy atom. The predicted molar refractivity (Wildman–Crippen MR) is 82.2 cm³/mol. The van der Waals surface area contributed by atoms with E-state index in [0.717, 1.165) is 16.8 Å². The van der Waals surface area contributed by atoms with Gasteiger partial charge in [-0.3, -0.25) is 0 Å². The van der Waals surface area contributed by atoms with Crippen molar-refractivity contribution in [3.63, 3.8) is 0 Å². The molecular formula is C14H16N2SSi. The molecule has 1 heterocycles. The third kappa shape index (κ3) is 3.46. The lowest BCUT2D eigenvalue weighted by molar-refractivity contribution is 1.41. The maximum Gasteiger partial charge on any atom is 0.180 e. The number of thiazole rings is 1. The number of nitrogen functional groups attached to an aromatic ring is 1. The monoisotopic (exact) mass is 272 g/mol. The van der Waals surface area contributed by atoms with Crippen LogP contribution in [-0.4, -0.2) is 13.1 Å². The zero-order chi connectivity index (χ0) is 13.2. The van der Waals surface area contributed by atoms with Crippen molar-refractivity contribution in [3.8, 4) is 22.7 Å². The van der Waals surface area contributed by atoms with Crippen LogP contribution in [0, 0.1) is 11.5 Å². The van der Waals surface area contributed by atoms with Gasteiger partial charge in [0, 0.05) is 16.5 Å². The van der Waals surface area contributed by atoms with Crippen LogP contribution in [0.3, 0.4) is 0 Å². The van der Waals surface area contributed by atoms with Crippen LogP contribution in [0.15, 0.2) is 29.6 Å². The van der Waals surface area contributed by atoms with Crippen molar-refractivity contribution in [1.82, 2.24) is 4.98 Å². The highest BCUT2D eigenvalue weighted by molar-refractivity contribution is 7.13. The second-order valence-corrected chi connectivity index (χ2v) is 10.8. The number of anilines is 1. The van der Waals surface area contributed by atoms with E-state index in [1.807, 2.05) is 29.6 Å². The molecule has 2 nitrogen and oxygen atoms in total. The van der Waals surface area contributed by atoms with Crippen LogP contribution in [0.4, 0.5) is 5.13 Å². The smallest absolute Gasteiger partial charge is 0.180 e. The molecule has 0 aliphatic carbocycles. The summed E-state index contributed by atoms with van der Waals surface area (Å²) in [6.07, 6.45) is 0. The minimum atomic E-state index is -1.30. The van der Waals surface area contributed by atoms with E-state index in [1.54, 1.807) is 0 Å². The van der Waals surface area contributed by atoms with Crippen molar-refractivity contribution < 1.29 is 0 Å². The molecule has 0 saturated carbocycles. The molecule has 0 atom stereocenters. The molecule has 0 saturated heterocycles. The van der Waals surface area contributed by atoms with Gasteiger partial charge in [-0.05, 0) is 12.1 Å². The second-order valence-electron chi connectivity index (χ2n) is 5.15. The lowest BCUT2D eigenvalue weighted by Gasteiger charge is -2.03. The highest BCUT2D eigenvalue weighted by atomic mass is 32.1. The zero-order valence-corrected chi connectivity index (χ0v) is 12.6. The summed E-state index contributed by atoms with van der Waals surface area (Å²) < 4.78 is 0. The molecule has 0 unspecified atom stereocenters. The molecule has 0 fully saturated rings.